The molecule has 1 unspecified atom stereocenters. The van der Waals surface area contributed by atoms with E-state index in [1.165, 1.54) is 6.07 Å². The van der Waals surface area contributed by atoms with E-state index in [1.54, 1.807) is 11.8 Å². The minimum Gasteiger partial charge on any atom is -0.455 e. The number of amides is 2. The van der Waals surface area contributed by atoms with Crippen molar-refractivity contribution in [1.29, 1.82) is 0 Å². The predicted octanol–water partition coefficient (Wildman–Crippen LogP) is 2.10. The number of piperidine rings is 1. The van der Waals surface area contributed by atoms with Crippen LogP contribution in [-0.4, -0.2) is 42.4 Å². The second kappa shape index (κ2) is 8.55. The molecule has 1 aromatic rings. The first-order valence-electron chi connectivity index (χ1n) is 8.10. The Morgan fingerprint density at radius 3 is 2.72 bits per heavy atom. The Kier molecular flexibility index (Phi) is 6.44. The molecule has 0 aliphatic carbocycles. The lowest BCUT2D eigenvalue weighted by atomic mass is 9.98. The highest BCUT2D eigenvalue weighted by Gasteiger charge is 2.29. The highest BCUT2D eigenvalue weighted by Crippen LogP contribution is 2.19. The number of halogens is 2. The molecule has 1 saturated heterocycles. The molecule has 1 aromatic carbocycles. The predicted molar refractivity (Wildman–Crippen MR) is 85.5 cm³/mol. The Bertz CT molecular complexity index is 666. The smallest absolute Gasteiger partial charge is 0.311 e. The van der Waals surface area contributed by atoms with E-state index in [0.717, 1.165) is 12.1 Å². The van der Waals surface area contributed by atoms with E-state index in [4.69, 9.17) is 4.74 Å². The third kappa shape index (κ3) is 5.23. The zero-order valence-electron chi connectivity index (χ0n) is 13.9. The molecule has 2 amide bonds. The van der Waals surface area contributed by atoms with Crippen molar-refractivity contribution in [2.24, 2.45) is 5.92 Å². The molecule has 25 heavy (non-hydrogen) atoms. The number of hydrogen-bond acceptors (Lipinski definition) is 4. The van der Waals surface area contributed by atoms with Gasteiger partial charge in [-0.2, -0.15) is 0 Å². The lowest BCUT2D eigenvalue weighted by molar-refractivity contribution is -0.154. The van der Waals surface area contributed by atoms with E-state index in [-0.39, 0.29) is 18.1 Å². The van der Waals surface area contributed by atoms with E-state index >= 15 is 0 Å². The van der Waals surface area contributed by atoms with Gasteiger partial charge in [-0.05, 0) is 25.0 Å². The molecule has 0 saturated carbocycles. The van der Waals surface area contributed by atoms with E-state index in [0.29, 0.717) is 25.8 Å². The van der Waals surface area contributed by atoms with Crippen LogP contribution < -0.4 is 5.32 Å². The van der Waals surface area contributed by atoms with Crippen LogP contribution >= 0.6 is 0 Å². The van der Waals surface area contributed by atoms with Crippen LogP contribution in [0.4, 0.5) is 14.5 Å². The monoisotopic (exact) mass is 354 g/mol. The summed E-state index contributed by atoms with van der Waals surface area (Å²) in [5, 5.41) is 2.32. The zero-order valence-corrected chi connectivity index (χ0v) is 13.9. The van der Waals surface area contributed by atoms with Gasteiger partial charge in [-0.15, -0.1) is 0 Å². The van der Waals surface area contributed by atoms with Crippen LogP contribution in [0.15, 0.2) is 18.2 Å². The van der Waals surface area contributed by atoms with Crippen molar-refractivity contribution in [2.75, 3.05) is 25.0 Å². The van der Waals surface area contributed by atoms with Gasteiger partial charge >= 0.3 is 5.97 Å². The number of nitrogens with zero attached hydrogens (tertiary/aromatic N) is 1. The van der Waals surface area contributed by atoms with Crippen LogP contribution in [-0.2, 0) is 19.1 Å². The SMILES string of the molecule is CCC(=O)N1CCCC(C(=O)OCC(=O)Nc2ccc(F)c(F)c2)C1. The molecule has 0 spiro atoms. The maximum Gasteiger partial charge on any atom is 0.311 e. The minimum absolute atomic E-state index is 0.0198. The quantitative estimate of drug-likeness (QED) is 0.822. The number of ether oxygens (including phenoxy) is 1. The summed E-state index contributed by atoms with van der Waals surface area (Å²) in [5.41, 5.74) is 0.0670. The van der Waals surface area contributed by atoms with Gasteiger partial charge in [-0.25, -0.2) is 8.78 Å². The number of carbonyl (C=O) groups excluding carboxylic acids is 3. The molecule has 2 rings (SSSR count). The topological polar surface area (TPSA) is 75.7 Å². The van der Waals surface area contributed by atoms with E-state index in [9.17, 15) is 23.2 Å². The van der Waals surface area contributed by atoms with Gasteiger partial charge in [0.1, 0.15) is 0 Å². The molecular weight excluding hydrogens is 334 g/mol. The normalized spacial score (nSPS) is 17.1. The van der Waals surface area contributed by atoms with Crippen molar-refractivity contribution in [3.05, 3.63) is 29.8 Å². The first-order chi connectivity index (χ1) is 11.9. The molecule has 8 heteroatoms. The summed E-state index contributed by atoms with van der Waals surface area (Å²) < 4.78 is 30.9. The van der Waals surface area contributed by atoms with Crippen molar-refractivity contribution in [1.82, 2.24) is 4.90 Å². The van der Waals surface area contributed by atoms with Crippen LogP contribution in [0.3, 0.4) is 0 Å². The first kappa shape index (κ1) is 18.8. The lowest BCUT2D eigenvalue weighted by Crippen LogP contribution is -2.42. The van der Waals surface area contributed by atoms with Gasteiger partial charge in [0.25, 0.3) is 5.91 Å². The Labute approximate surface area is 144 Å². The van der Waals surface area contributed by atoms with Gasteiger partial charge in [0.05, 0.1) is 5.92 Å². The summed E-state index contributed by atoms with van der Waals surface area (Å²) in [7, 11) is 0. The average Bonchev–Trinajstić information content (AvgIpc) is 2.62. The number of benzene rings is 1. The summed E-state index contributed by atoms with van der Waals surface area (Å²) in [6.45, 7) is 2.13. The molecule has 1 N–H and O–H groups in total. The molecule has 0 bridgehead atoms. The number of anilines is 1. The maximum atomic E-state index is 13.1. The molecule has 6 nitrogen and oxygen atoms in total. The lowest BCUT2D eigenvalue weighted by Gasteiger charge is -2.31. The number of rotatable bonds is 5. The van der Waals surface area contributed by atoms with Crippen LogP contribution in [0.25, 0.3) is 0 Å². The number of carbonyl (C=O) groups is 3. The van der Waals surface area contributed by atoms with Crippen molar-refractivity contribution >= 4 is 23.5 Å². The Balaban J connectivity index is 1.81. The van der Waals surface area contributed by atoms with Gasteiger partial charge in [0.2, 0.25) is 5.91 Å². The molecule has 1 aliphatic rings. The number of esters is 1. The number of hydrogen-bond donors (Lipinski definition) is 1. The third-order valence-corrected chi connectivity index (χ3v) is 3.96. The van der Waals surface area contributed by atoms with Crippen molar-refractivity contribution < 1.29 is 27.9 Å². The Morgan fingerprint density at radius 1 is 1.28 bits per heavy atom. The van der Waals surface area contributed by atoms with Crippen molar-refractivity contribution in [3.63, 3.8) is 0 Å². The third-order valence-electron chi connectivity index (χ3n) is 3.96. The van der Waals surface area contributed by atoms with Crippen molar-refractivity contribution in [2.45, 2.75) is 26.2 Å². The summed E-state index contributed by atoms with van der Waals surface area (Å²) in [6.07, 6.45) is 1.67. The fourth-order valence-electron chi connectivity index (χ4n) is 2.65. The summed E-state index contributed by atoms with van der Waals surface area (Å²) >= 11 is 0. The first-order valence-corrected chi connectivity index (χ1v) is 8.10. The second-order valence-corrected chi connectivity index (χ2v) is 5.82. The highest BCUT2D eigenvalue weighted by atomic mass is 19.2. The zero-order chi connectivity index (χ0) is 18.4. The van der Waals surface area contributed by atoms with Gasteiger partial charge in [0, 0.05) is 31.3 Å². The van der Waals surface area contributed by atoms with Gasteiger partial charge in [-0.3, -0.25) is 14.4 Å². The summed E-state index contributed by atoms with van der Waals surface area (Å²) in [4.78, 5) is 37.1. The molecule has 1 aliphatic heterocycles. The van der Waals surface area contributed by atoms with Crippen molar-refractivity contribution in [3.8, 4) is 0 Å². The Hall–Kier alpha value is -2.51. The molecule has 1 atom stereocenters. The summed E-state index contributed by atoms with van der Waals surface area (Å²) in [5.74, 6) is -3.79. The van der Waals surface area contributed by atoms with Gasteiger partial charge < -0.3 is 15.0 Å². The fourth-order valence-corrected chi connectivity index (χ4v) is 2.65. The van der Waals surface area contributed by atoms with Crippen LogP contribution in [0.1, 0.15) is 26.2 Å². The molecule has 0 radical (unpaired) electrons. The number of nitrogens with one attached hydrogen (secondary N) is 1. The number of likely N-dealkylation sites (tertiary alicyclic amines) is 1. The van der Waals surface area contributed by atoms with E-state index in [1.807, 2.05) is 0 Å². The standard InChI is InChI=1S/C17H20F2N2O4/c1-2-16(23)21-7-3-4-11(9-21)17(24)25-10-15(22)20-12-5-6-13(18)14(19)8-12/h5-6,8,11H,2-4,7,9-10H2,1H3,(H,20,22). The van der Waals surface area contributed by atoms with Crippen LogP contribution in [0.2, 0.25) is 0 Å². The molecular formula is C17H20F2N2O4. The van der Waals surface area contributed by atoms with Gasteiger partial charge in [0.15, 0.2) is 18.2 Å². The average molecular weight is 354 g/mol. The highest BCUT2D eigenvalue weighted by molar-refractivity contribution is 5.93. The molecule has 136 valence electrons. The summed E-state index contributed by atoms with van der Waals surface area (Å²) in [6, 6.07) is 2.93. The molecule has 0 aromatic heterocycles. The second-order valence-electron chi connectivity index (χ2n) is 5.82. The van der Waals surface area contributed by atoms with E-state index < -0.39 is 36.0 Å². The largest absolute Gasteiger partial charge is 0.455 e. The molecule has 1 fully saturated rings. The maximum absolute atomic E-state index is 13.1. The van der Waals surface area contributed by atoms with Crippen LogP contribution in [0, 0.1) is 17.6 Å². The van der Waals surface area contributed by atoms with Crippen LogP contribution in [0.5, 0.6) is 0 Å². The fraction of sp³-hybridized carbons (Fsp3) is 0.471. The molecule has 1 heterocycles. The van der Waals surface area contributed by atoms with Gasteiger partial charge in [-0.1, -0.05) is 6.92 Å². The minimum atomic E-state index is -1.09. The Morgan fingerprint density at radius 2 is 2.04 bits per heavy atom. The van der Waals surface area contributed by atoms with E-state index in [2.05, 4.69) is 5.32 Å².